The number of rotatable bonds is 8. The fourth-order valence-corrected chi connectivity index (χ4v) is 3.28. The maximum atomic E-state index is 12.3. The van der Waals surface area contributed by atoms with Crippen molar-refractivity contribution < 1.29 is 14.0 Å². The molecule has 1 atom stereocenters. The average Bonchev–Trinajstić information content (AvgIpc) is 3.12. The Hall–Kier alpha value is -1.92. The van der Waals surface area contributed by atoms with Gasteiger partial charge in [-0.05, 0) is 36.5 Å². The molecule has 1 N–H and O–H groups in total. The topological polar surface area (TPSA) is 64.2 Å². The summed E-state index contributed by atoms with van der Waals surface area (Å²) in [4.78, 5) is 19.0. The second-order valence-corrected chi connectivity index (χ2v) is 12.9. The molecule has 0 spiro atoms. The van der Waals surface area contributed by atoms with Crippen LogP contribution >= 0.6 is 0 Å². The van der Waals surface area contributed by atoms with Crippen molar-refractivity contribution >= 4 is 14.3 Å². The number of carbonyl (C=O) groups is 1. The second kappa shape index (κ2) is 8.64. The molecular formula is C20H30N2O3Si. The number of imidazole rings is 1. The molecule has 0 aliphatic carbocycles. The lowest BCUT2D eigenvalue weighted by atomic mass is 10.1. The number of esters is 1. The fourth-order valence-electron chi connectivity index (χ4n) is 2.25. The van der Waals surface area contributed by atoms with Crippen LogP contribution < -0.4 is 0 Å². The van der Waals surface area contributed by atoms with Gasteiger partial charge in [0.1, 0.15) is 11.8 Å². The molecule has 0 unspecified atom stereocenters. The molecule has 2 rings (SSSR count). The van der Waals surface area contributed by atoms with E-state index in [1.165, 1.54) is 18.1 Å². The Labute approximate surface area is 157 Å². The van der Waals surface area contributed by atoms with Gasteiger partial charge in [0.05, 0.1) is 19.1 Å². The van der Waals surface area contributed by atoms with E-state index in [4.69, 9.17) is 9.16 Å². The van der Waals surface area contributed by atoms with Gasteiger partial charge >= 0.3 is 5.97 Å². The van der Waals surface area contributed by atoms with Gasteiger partial charge < -0.3 is 14.1 Å². The number of nitrogens with one attached hydrogen (secondary N) is 1. The summed E-state index contributed by atoms with van der Waals surface area (Å²) in [7, 11) is -1.90. The van der Waals surface area contributed by atoms with E-state index in [9.17, 15) is 4.79 Å². The first-order valence-corrected chi connectivity index (χ1v) is 12.0. The SMILES string of the molecule is CC(C)(C)[Si](C)(C)OC[C@H](CCc1ccccc1)OC(=O)c1cnc[nH]1. The Morgan fingerprint density at radius 1 is 1.23 bits per heavy atom. The van der Waals surface area contributed by atoms with E-state index in [0.29, 0.717) is 12.3 Å². The highest BCUT2D eigenvalue weighted by Crippen LogP contribution is 2.36. The molecule has 6 heteroatoms. The van der Waals surface area contributed by atoms with Crippen molar-refractivity contribution in [1.29, 1.82) is 0 Å². The molecule has 142 valence electrons. The molecule has 0 amide bonds. The molecule has 0 fully saturated rings. The second-order valence-electron chi connectivity index (χ2n) is 8.09. The lowest BCUT2D eigenvalue weighted by Gasteiger charge is -2.37. The first kappa shape index (κ1) is 20.4. The molecule has 5 nitrogen and oxygen atoms in total. The highest BCUT2D eigenvalue weighted by atomic mass is 28.4. The quantitative estimate of drug-likeness (QED) is 0.542. The molecular weight excluding hydrogens is 344 g/mol. The van der Waals surface area contributed by atoms with Crippen molar-refractivity contribution in [2.75, 3.05) is 6.61 Å². The van der Waals surface area contributed by atoms with Crippen LogP contribution in [0, 0.1) is 0 Å². The van der Waals surface area contributed by atoms with E-state index >= 15 is 0 Å². The van der Waals surface area contributed by atoms with Crippen molar-refractivity contribution in [3.05, 3.63) is 54.1 Å². The largest absolute Gasteiger partial charge is 0.455 e. The van der Waals surface area contributed by atoms with Gasteiger partial charge in [0.2, 0.25) is 0 Å². The summed E-state index contributed by atoms with van der Waals surface area (Å²) in [6.45, 7) is 11.4. The van der Waals surface area contributed by atoms with Crippen LogP contribution in [0.25, 0.3) is 0 Å². The summed E-state index contributed by atoms with van der Waals surface area (Å²) < 4.78 is 12.0. The van der Waals surface area contributed by atoms with Crippen LogP contribution in [0.5, 0.6) is 0 Å². The lowest BCUT2D eigenvalue weighted by molar-refractivity contribution is 0.0128. The van der Waals surface area contributed by atoms with Gasteiger partial charge in [0.25, 0.3) is 0 Å². The summed E-state index contributed by atoms with van der Waals surface area (Å²) in [5.74, 6) is -0.389. The van der Waals surface area contributed by atoms with E-state index in [0.717, 1.165) is 12.8 Å². The third-order valence-corrected chi connectivity index (χ3v) is 9.53. The first-order valence-electron chi connectivity index (χ1n) is 9.06. The summed E-state index contributed by atoms with van der Waals surface area (Å²) in [5.41, 5.74) is 1.59. The molecule has 0 aliphatic rings. The molecule has 26 heavy (non-hydrogen) atoms. The molecule has 2 aromatic rings. The maximum Gasteiger partial charge on any atom is 0.356 e. The van der Waals surface area contributed by atoms with Crippen LogP contribution in [0.2, 0.25) is 18.1 Å². The third kappa shape index (κ3) is 5.81. The molecule has 0 saturated heterocycles. The standard InChI is InChI=1S/C20H30N2O3Si/c1-20(2,3)26(4,5)24-14-17(12-11-16-9-7-6-8-10-16)25-19(23)18-13-21-15-22-18/h6-10,13,15,17H,11-12,14H2,1-5H3,(H,21,22)/t17-/m0/s1. The number of nitrogens with zero attached hydrogens (tertiary/aromatic N) is 1. The van der Waals surface area contributed by atoms with Crippen molar-refractivity contribution in [2.24, 2.45) is 0 Å². The predicted molar refractivity (Wildman–Crippen MR) is 106 cm³/mol. The molecule has 1 heterocycles. The molecule has 0 radical (unpaired) electrons. The van der Waals surface area contributed by atoms with Gasteiger partial charge in [-0.15, -0.1) is 0 Å². The zero-order valence-corrected chi connectivity index (χ0v) is 17.4. The summed E-state index contributed by atoms with van der Waals surface area (Å²) >= 11 is 0. The van der Waals surface area contributed by atoms with Crippen molar-refractivity contribution in [1.82, 2.24) is 9.97 Å². The molecule has 1 aromatic carbocycles. The van der Waals surface area contributed by atoms with Crippen LogP contribution in [0.3, 0.4) is 0 Å². The Morgan fingerprint density at radius 2 is 1.92 bits per heavy atom. The number of aryl methyl sites for hydroxylation is 1. The molecule has 1 aromatic heterocycles. The van der Waals surface area contributed by atoms with Gasteiger partial charge in [0, 0.05) is 0 Å². The Bertz CT molecular complexity index is 679. The van der Waals surface area contributed by atoms with Gasteiger partial charge in [0.15, 0.2) is 8.32 Å². The number of aromatic nitrogens is 2. The fraction of sp³-hybridized carbons (Fsp3) is 0.500. The van der Waals surface area contributed by atoms with Crippen molar-refractivity contribution in [3.8, 4) is 0 Å². The number of hydrogen-bond acceptors (Lipinski definition) is 4. The highest BCUT2D eigenvalue weighted by Gasteiger charge is 2.38. The average molecular weight is 375 g/mol. The van der Waals surface area contributed by atoms with Gasteiger partial charge in [-0.1, -0.05) is 51.1 Å². The predicted octanol–water partition coefficient (Wildman–Crippen LogP) is 4.59. The number of carbonyl (C=O) groups excluding carboxylic acids is 1. The maximum absolute atomic E-state index is 12.3. The zero-order chi connectivity index (χ0) is 19.2. The Balaban J connectivity index is 2.01. The molecule has 0 saturated carbocycles. The van der Waals surface area contributed by atoms with E-state index in [-0.39, 0.29) is 17.1 Å². The Morgan fingerprint density at radius 3 is 2.50 bits per heavy atom. The van der Waals surface area contributed by atoms with E-state index in [1.54, 1.807) is 0 Å². The zero-order valence-electron chi connectivity index (χ0n) is 16.4. The summed E-state index contributed by atoms with van der Waals surface area (Å²) in [6, 6.07) is 10.2. The molecule has 0 aliphatic heterocycles. The van der Waals surface area contributed by atoms with Gasteiger partial charge in [-0.2, -0.15) is 0 Å². The number of H-pyrrole nitrogens is 1. The summed E-state index contributed by atoms with van der Waals surface area (Å²) in [5, 5.41) is 0.115. The monoisotopic (exact) mass is 374 g/mol. The minimum Gasteiger partial charge on any atom is -0.455 e. The van der Waals surface area contributed by atoms with E-state index < -0.39 is 8.32 Å². The van der Waals surface area contributed by atoms with Crippen LogP contribution in [0.15, 0.2) is 42.9 Å². The highest BCUT2D eigenvalue weighted by molar-refractivity contribution is 6.74. The van der Waals surface area contributed by atoms with Crippen molar-refractivity contribution in [2.45, 2.75) is 57.8 Å². The number of ether oxygens (including phenoxy) is 1. The number of hydrogen-bond donors (Lipinski definition) is 1. The number of aromatic amines is 1. The minimum atomic E-state index is -1.90. The van der Waals surface area contributed by atoms with Gasteiger partial charge in [-0.25, -0.2) is 9.78 Å². The van der Waals surface area contributed by atoms with Gasteiger partial charge in [-0.3, -0.25) is 0 Å². The van der Waals surface area contributed by atoms with Crippen LogP contribution in [-0.2, 0) is 15.6 Å². The number of benzene rings is 1. The Kier molecular flexibility index (Phi) is 6.78. The normalized spacial score (nSPS) is 13.4. The van der Waals surface area contributed by atoms with Crippen LogP contribution in [-0.4, -0.2) is 37.0 Å². The molecule has 0 bridgehead atoms. The van der Waals surface area contributed by atoms with Crippen LogP contribution in [0.4, 0.5) is 0 Å². The first-order chi connectivity index (χ1) is 12.2. The summed E-state index contributed by atoms with van der Waals surface area (Å²) in [6.07, 6.45) is 4.22. The van der Waals surface area contributed by atoms with E-state index in [1.807, 2.05) is 18.2 Å². The van der Waals surface area contributed by atoms with Crippen molar-refractivity contribution in [3.63, 3.8) is 0 Å². The minimum absolute atomic E-state index is 0.115. The van der Waals surface area contributed by atoms with E-state index in [2.05, 4.69) is 56.0 Å². The smallest absolute Gasteiger partial charge is 0.356 e. The third-order valence-electron chi connectivity index (χ3n) is 5.03. The lowest BCUT2D eigenvalue weighted by Crippen LogP contribution is -2.43. The van der Waals surface area contributed by atoms with Crippen LogP contribution in [0.1, 0.15) is 43.2 Å².